The van der Waals surface area contributed by atoms with Crippen LogP contribution in [0.4, 0.5) is 0 Å². The van der Waals surface area contributed by atoms with E-state index in [2.05, 4.69) is 4.98 Å². The van der Waals surface area contributed by atoms with Crippen molar-refractivity contribution in [3.05, 3.63) is 29.6 Å². The van der Waals surface area contributed by atoms with Crippen LogP contribution in [0.2, 0.25) is 0 Å². The standard InChI is InChI=1S/C9H8N2O3/c10-4-8(13)9(14)7-3-1-2-6(5-12)11-7/h1-3,5,8-9,13-14H. The van der Waals surface area contributed by atoms with Crippen molar-refractivity contribution in [3.8, 4) is 6.07 Å². The smallest absolute Gasteiger partial charge is 0.171 e. The number of aliphatic hydroxyl groups excluding tert-OH is 2. The highest BCUT2D eigenvalue weighted by Crippen LogP contribution is 2.13. The van der Waals surface area contributed by atoms with Crippen LogP contribution < -0.4 is 0 Å². The molecule has 2 N–H and O–H groups in total. The van der Waals surface area contributed by atoms with Gasteiger partial charge in [-0.1, -0.05) is 6.07 Å². The predicted molar refractivity (Wildman–Crippen MR) is 46.2 cm³/mol. The highest BCUT2D eigenvalue weighted by Gasteiger charge is 2.18. The van der Waals surface area contributed by atoms with E-state index in [1.165, 1.54) is 24.3 Å². The summed E-state index contributed by atoms with van der Waals surface area (Å²) in [6, 6.07) is 5.88. The van der Waals surface area contributed by atoms with Crippen molar-refractivity contribution in [2.45, 2.75) is 12.2 Å². The fraction of sp³-hybridized carbons (Fsp3) is 0.222. The van der Waals surface area contributed by atoms with Crippen molar-refractivity contribution >= 4 is 6.29 Å². The Bertz CT molecular complexity index is 373. The third-order valence-corrected chi connectivity index (χ3v) is 1.65. The van der Waals surface area contributed by atoms with Crippen molar-refractivity contribution in [1.29, 1.82) is 5.26 Å². The van der Waals surface area contributed by atoms with Crippen molar-refractivity contribution in [2.75, 3.05) is 0 Å². The van der Waals surface area contributed by atoms with Crippen LogP contribution in [0.1, 0.15) is 22.3 Å². The first kappa shape index (κ1) is 10.3. The zero-order valence-corrected chi connectivity index (χ0v) is 7.16. The minimum atomic E-state index is -1.54. The lowest BCUT2D eigenvalue weighted by Gasteiger charge is -2.10. The number of aliphatic hydroxyl groups is 2. The Balaban J connectivity index is 2.96. The first-order valence-electron chi connectivity index (χ1n) is 3.87. The fourth-order valence-corrected chi connectivity index (χ4v) is 0.932. The topological polar surface area (TPSA) is 94.2 Å². The first-order chi connectivity index (χ1) is 6.69. The van der Waals surface area contributed by atoms with Crippen molar-refractivity contribution < 1.29 is 15.0 Å². The molecule has 0 saturated carbocycles. The van der Waals surface area contributed by atoms with Crippen molar-refractivity contribution in [3.63, 3.8) is 0 Å². The zero-order chi connectivity index (χ0) is 10.6. The van der Waals surface area contributed by atoms with E-state index in [-0.39, 0.29) is 11.4 Å². The molecule has 5 heteroatoms. The molecule has 0 saturated heterocycles. The van der Waals surface area contributed by atoms with Crippen LogP contribution in [0.25, 0.3) is 0 Å². The van der Waals surface area contributed by atoms with Crippen LogP contribution in [-0.2, 0) is 0 Å². The molecule has 1 aromatic heterocycles. The SMILES string of the molecule is N#CC(O)C(O)c1cccc(C=O)n1. The molecule has 1 heterocycles. The number of aromatic nitrogens is 1. The van der Waals surface area contributed by atoms with Crippen LogP contribution in [0, 0.1) is 11.3 Å². The summed E-state index contributed by atoms with van der Waals surface area (Å²) in [5.74, 6) is 0. The Morgan fingerprint density at radius 1 is 1.50 bits per heavy atom. The monoisotopic (exact) mass is 192 g/mol. The van der Waals surface area contributed by atoms with Gasteiger partial charge in [0.15, 0.2) is 12.4 Å². The maximum atomic E-state index is 10.3. The summed E-state index contributed by atoms with van der Waals surface area (Å²) in [7, 11) is 0. The Hall–Kier alpha value is -1.77. The van der Waals surface area contributed by atoms with Gasteiger partial charge in [0, 0.05) is 0 Å². The van der Waals surface area contributed by atoms with Crippen LogP contribution in [0.3, 0.4) is 0 Å². The number of carbonyl (C=O) groups excluding carboxylic acids is 1. The Labute approximate surface area is 80.3 Å². The second kappa shape index (κ2) is 4.46. The molecule has 0 spiro atoms. The normalized spacial score (nSPS) is 14.1. The molecule has 0 bridgehead atoms. The Morgan fingerprint density at radius 3 is 2.79 bits per heavy atom. The molecule has 5 nitrogen and oxygen atoms in total. The minimum absolute atomic E-state index is 0.101. The average Bonchev–Trinajstić information content (AvgIpc) is 2.27. The average molecular weight is 192 g/mol. The van der Waals surface area contributed by atoms with Gasteiger partial charge in [0.1, 0.15) is 11.8 Å². The predicted octanol–water partition coefficient (Wildman–Crippen LogP) is -0.188. The lowest BCUT2D eigenvalue weighted by molar-refractivity contribution is 0.0497. The summed E-state index contributed by atoms with van der Waals surface area (Å²) in [6.07, 6.45) is -2.40. The van der Waals surface area contributed by atoms with E-state index < -0.39 is 12.2 Å². The molecule has 0 amide bonds. The van der Waals surface area contributed by atoms with E-state index in [4.69, 9.17) is 10.4 Å². The van der Waals surface area contributed by atoms with Gasteiger partial charge in [-0.2, -0.15) is 5.26 Å². The molecule has 2 unspecified atom stereocenters. The van der Waals surface area contributed by atoms with Gasteiger partial charge in [-0.25, -0.2) is 4.98 Å². The number of aldehydes is 1. The van der Waals surface area contributed by atoms with Gasteiger partial charge in [0.25, 0.3) is 0 Å². The Morgan fingerprint density at radius 2 is 2.21 bits per heavy atom. The highest BCUT2D eigenvalue weighted by molar-refractivity contribution is 5.71. The van der Waals surface area contributed by atoms with E-state index in [1.807, 2.05) is 0 Å². The van der Waals surface area contributed by atoms with E-state index in [1.54, 1.807) is 0 Å². The van der Waals surface area contributed by atoms with Gasteiger partial charge in [0.2, 0.25) is 0 Å². The summed E-state index contributed by atoms with van der Waals surface area (Å²) in [6.45, 7) is 0. The summed E-state index contributed by atoms with van der Waals surface area (Å²) < 4.78 is 0. The molecule has 0 fully saturated rings. The number of hydrogen-bond donors (Lipinski definition) is 2. The third kappa shape index (κ3) is 2.13. The first-order valence-corrected chi connectivity index (χ1v) is 3.87. The van der Waals surface area contributed by atoms with Gasteiger partial charge in [-0.3, -0.25) is 4.79 Å². The molecule has 0 aliphatic rings. The molecular weight excluding hydrogens is 184 g/mol. The summed E-state index contributed by atoms with van der Waals surface area (Å²) in [5.41, 5.74) is 0.246. The molecule has 0 aliphatic carbocycles. The van der Waals surface area contributed by atoms with Gasteiger partial charge < -0.3 is 10.2 Å². The molecule has 1 rings (SSSR count). The van der Waals surface area contributed by atoms with Crippen molar-refractivity contribution in [1.82, 2.24) is 4.98 Å². The molecule has 0 aliphatic heterocycles. The van der Waals surface area contributed by atoms with E-state index in [0.717, 1.165) is 0 Å². The number of hydrogen-bond acceptors (Lipinski definition) is 5. The minimum Gasteiger partial charge on any atom is -0.383 e. The lowest BCUT2D eigenvalue weighted by Crippen LogP contribution is -2.17. The van der Waals surface area contributed by atoms with Gasteiger partial charge in [0.05, 0.1) is 11.8 Å². The highest BCUT2D eigenvalue weighted by atomic mass is 16.3. The van der Waals surface area contributed by atoms with E-state index >= 15 is 0 Å². The van der Waals surface area contributed by atoms with Crippen LogP contribution in [0.5, 0.6) is 0 Å². The molecule has 0 radical (unpaired) electrons. The molecule has 0 aromatic carbocycles. The molecule has 2 atom stereocenters. The van der Waals surface area contributed by atoms with Crippen LogP contribution in [-0.4, -0.2) is 27.6 Å². The lowest BCUT2D eigenvalue weighted by atomic mass is 10.1. The number of pyridine rings is 1. The second-order valence-electron chi connectivity index (χ2n) is 2.62. The van der Waals surface area contributed by atoms with Gasteiger partial charge in [-0.05, 0) is 12.1 Å². The maximum Gasteiger partial charge on any atom is 0.171 e. The Kier molecular flexibility index (Phi) is 3.29. The number of rotatable bonds is 3. The molecule has 14 heavy (non-hydrogen) atoms. The summed E-state index contributed by atoms with van der Waals surface area (Å²) in [4.78, 5) is 14.1. The largest absolute Gasteiger partial charge is 0.383 e. The maximum absolute atomic E-state index is 10.3. The third-order valence-electron chi connectivity index (χ3n) is 1.65. The molecular formula is C9H8N2O3. The summed E-state index contributed by atoms with van der Waals surface area (Å²) >= 11 is 0. The number of nitriles is 1. The van der Waals surface area contributed by atoms with E-state index in [9.17, 15) is 9.90 Å². The number of nitrogens with zero attached hydrogens (tertiary/aromatic N) is 2. The quantitative estimate of drug-likeness (QED) is 0.511. The zero-order valence-electron chi connectivity index (χ0n) is 7.16. The summed E-state index contributed by atoms with van der Waals surface area (Å²) in [5, 5.41) is 26.7. The second-order valence-corrected chi connectivity index (χ2v) is 2.62. The fourth-order valence-electron chi connectivity index (χ4n) is 0.932. The van der Waals surface area contributed by atoms with Crippen LogP contribution >= 0.6 is 0 Å². The number of carbonyl (C=O) groups is 1. The van der Waals surface area contributed by atoms with Crippen molar-refractivity contribution in [2.24, 2.45) is 0 Å². The molecule has 1 aromatic rings. The van der Waals surface area contributed by atoms with Gasteiger partial charge >= 0.3 is 0 Å². The van der Waals surface area contributed by atoms with E-state index in [0.29, 0.717) is 6.29 Å². The van der Waals surface area contributed by atoms with Crippen LogP contribution in [0.15, 0.2) is 18.2 Å². The molecule has 72 valence electrons. The van der Waals surface area contributed by atoms with Gasteiger partial charge in [-0.15, -0.1) is 0 Å².